The number of hydrogen-bond acceptors (Lipinski definition) is 4. The van der Waals surface area contributed by atoms with Gasteiger partial charge < -0.3 is 14.8 Å². The minimum absolute atomic E-state index is 0.194. The van der Waals surface area contributed by atoms with E-state index in [0.717, 1.165) is 6.07 Å². The number of hydrogen-bond donors (Lipinski definition) is 1. The lowest BCUT2D eigenvalue weighted by atomic mass is 10.2. The number of halogens is 3. The van der Waals surface area contributed by atoms with E-state index >= 15 is 0 Å². The molecule has 0 atom stereocenters. The summed E-state index contributed by atoms with van der Waals surface area (Å²) in [6, 6.07) is 6.23. The van der Waals surface area contributed by atoms with E-state index in [1.807, 2.05) is 0 Å². The molecule has 0 spiro atoms. The van der Waals surface area contributed by atoms with Gasteiger partial charge in [-0.1, -0.05) is 0 Å². The highest BCUT2D eigenvalue weighted by Gasteiger charge is 2.34. The minimum Gasteiger partial charge on any atom is -0.497 e. The number of anilines is 1. The summed E-state index contributed by atoms with van der Waals surface area (Å²) in [6.07, 6.45) is -4.45. The molecular formula is C15H18F3N3O2. The Labute approximate surface area is 132 Å². The van der Waals surface area contributed by atoms with Crippen molar-refractivity contribution >= 4 is 5.69 Å². The molecule has 1 N–H and O–H groups in total. The predicted octanol–water partition coefficient (Wildman–Crippen LogP) is 3.55. The van der Waals surface area contributed by atoms with Gasteiger partial charge in [0.2, 0.25) is 0 Å². The Bertz CT molecular complexity index is 668. The minimum atomic E-state index is -4.45. The van der Waals surface area contributed by atoms with Crippen LogP contribution in [-0.4, -0.2) is 24.0 Å². The van der Waals surface area contributed by atoms with Gasteiger partial charge in [-0.05, 0) is 25.1 Å². The molecule has 0 aliphatic carbocycles. The Hall–Kier alpha value is -2.38. The van der Waals surface area contributed by atoms with E-state index in [-0.39, 0.29) is 6.54 Å². The van der Waals surface area contributed by atoms with E-state index in [1.54, 1.807) is 32.2 Å². The third-order valence-electron chi connectivity index (χ3n) is 3.32. The predicted molar refractivity (Wildman–Crippen MR) is 79.8 cm³/mol. The Kier molecular flexibility index (Phi) is 5.02. The van der Waals surface area contributed by atoms with Gasteiger partial charge >= 0.3 is 6.18 Å². The fraction of sp³-hybridized carbons (Fsp3) is 0.400. The number of nitrogens with zero attached hydrogens (tertiary/aromatic N) is 2. The first-order valence-corrected chi connectivity index (χ1v) is 6.98. The maximum Gasteiger partial charge on any atom is 0.435 e. The van der Waals surface area contributed by atoms with Crippen molar-refractivity contribution in [3.8, 4) is 11.5 Å². The Morgan fingerprint density at radius 3 is 2.48 bits per heavy atom. The molecule has 0 amide bonds. The Balaban J connectivity index is 2.19. The van der Waals surface area contributed by atoms with Crippen LogP contribution in [0.25, 0.3) is 0 Å². The summed E-state index contributed by atoms with van der Waals surface area (Å²) in [7, 11) is 3.05. The van der Waals surface area contributed by atoms with Crippen LogP contribution in [0.5, 0.6) is 11.5 Å². The lowest BCUT2D eigenvalue weighted by Crippen LogP contribution is -2.09. The average molecular weight is 329 g/mol. The lowest BCUT2D eigenvalue weighted by Gasteiger charge is -2.13. The van der Waals surface area contributed by atoms with E-state index < -0.39 is 11.9 Å². The van der Waals surface area contributed by atoms with Crippen molar-refractivity contribution in [2.75, 3.05) is 19.5 Å². The molecule has 0 saturated heterocycles. The van der Waals surface area contributed by atoms with E-state index in [0.29, 0.717) is 29.4 Å². The fourth-order valence-electron chi connectivity index (χ4n) is 2.14. The number of aromatic nitrogens is 2. The molecule has 23 heavy (non-hydrogen) atoms. The largest absolute Gasteiger partial charge is 0.497 e. The van der Waals surface area contributed by atoms with Crippen molar-refractivity contribution in [3.63, 3.8) is 0 Å². The zero-order valence-corrected chi connectivity index (χ0v) is 13.1. The number of rotatable bonds is 6. The first-order chi connectivity index (χ1) is 10.9. The number of aryl methyl sites for hydroxylation is 1. The molecule has 1 aromatic heterocycles. The number of alkyl halides is 3. The van der Waals surface area contributed by atoms with Crippen molar-refractivity contribution in [1.29, 1.82) is 0 Å². The highest BCUT2D eigenvalue weighted by molar-refractivity contribution is 5.59. The van der Waals surface area contributed by atoms with Gasteiger partial charge in [0, 0.05) is 12.6 Å². The maximum absolute atomic E-state index is 12.8. The molecule has 0 saturated carbocycles. The number of benzene rings is 1. The molecule has 126 valence electrons. The number of nitrogens with one attached hydrogen (secondary N) is 1. The van der Waals surface area contributed by atoms with Crippen molar-refractivity contribution in [1.82, 2.24) is 9.78 Å². The molecule has 1 heterocycles. The van der Waals surface area contributed by atoms with Crippen LogP contribution in [0.2, 0.25) is 0 Å². The van der Waals surface area contributed by atoms with E-state index in [1.165, 1.54) is 11.8 Å². The molecule has 0 unspecified atom stereocenters. The molecular weight excluding hydrogens is 311 g/mol. The second kappa shape index (κ2) is 6.80. The molecule has 0 aliphatic rings. The second-order valence-electron chi connectivity index (χ2n) is 4.75. The van der Waals surface area contributed by atoms with Crippen molar-refractivity contribution in [3.05, 3.63) is 35.7 Å². The van der Waals surface area contributed by atoms with E-state index in [9.17, 15) is 13.2 Å². The smallest absolute Gasteiger partial charge is 0.435 e. The third kappa shape index (κ3) is 3.88. The van der Waals surface area contributed by atoms with E-state index in [2.05, 4.69) is 10.4 Å². The third-order valence-corrected chi connectivity index (χ3v) is 3.32. The molecule has 2 rings (SSSR count). The molecule has 0 bridgehead atoms. The van der Waals surface area contributed by atoms with Crippen LogP contribution in [-0.2, 0) is 19.3 Å². The Morgan fingerprint density at radius 1 is 1.17 bits per heavy atom. The summed E-state index contributed by atoms with van der Waals surface area (Å²) in [5.41, 5.74) is 0.209. The zero-order valence-electron chi connectivity index (χ0n) is 13.1. The van der Waals surface area contributed by atoms with Crippen molar-refractivity contribution in [2.24, 2.45) is 0 Å². The van der Waals surface area contributed by atoms with E-state index in [4.69, 9.17) is 9.47 Å². The molecule has 0 aliphatic heterocycles. The first-order valence-electron chi connectivity index (χ1n) is 6.98. The quantitative estimate of drug-likeness (QED) is 0.880. The summed E-state index contributed by atoms with van der Waals surface area (Å²) in [4.78, 5) is 0. The standard InChI is InChI=1S/C15H18F3N3O2/c1-4-21-10(7-14(20-21)15(16,17)18)9-19-12-6-5-11(22-2)8-13(12)23-3/h5-8,19H,4,9H2,1-3H3. The van der Waals surface area contributed by atoms with Crippen molar-refractivity contribution < 1.29 is 22.6 Å². The topological polar surface area (TPSA) is 48.3 Å². The number of methoxy groups -OCH3 is 2. The molecule has 8 heteroatoms. The van der Waals surface area contributed by atoms with Gasteiger partial charge in [0.25, 0.3) is 0 Å². The van der Waals surface area contributed by atoms with Gasteiger partial charge in [0.15, 0.2) is 5.69 Å². The molecule has 5 nitrogen and oxygen atoms in total. The van der Waals surface area contributed by atoms with Crippen LogP contribution >= 0.6 is 0 Å². The summed E-state index contributed by atoms with van der Waals surface area (Å²) >= 11 is 0. The monoisotopic (exact) mass is 329 g/mol. The molecule has 2 aromatic rings. The Morgan fingerprint density at radius 2 is 1.91 bits per heavy atom. The molecule has 1 aromatic carbocycles. The fourth-order valence-corrected chi connectivity index (χ4v) is 2.14. The van der Waals surface area contributed by atoms with Crippen LogP contribution in [0, 0.1) is 0 Å². The summed E-state index contributed by atoms with van der Waals surface area (Å²) in [6.45, 7) is 2.29. The maximum atomic E-state index is 12.8. The van der Waals surface area contributed by atoms with Gasteiger partial charge in [0.1, 0.15) is 11.5 Å². The van der Waals surface area contributed by atoms with Gasteiger partial charge in [0.05, 0.1) is 32.1 Å². The highest BCUT2D eigenvalue weighted by atomic mass is 19.4. The molecule has 0 fully saturated rings. The number of ether oxygens (including phenoxy) is 2. The summed E-state index contributed by atoms with van der Waals surface area (Å²) < 4.78 is 49.9. The first kappa shape index (κ1) is 17.0. The van der Waals surface area contributed by atoms with Gasteiger partial charge in [-0.2, -0.15) is 18.3 Å². The second-order valence-corrected chi connectivity index (χ2v) is 4.75. The average Bonchev–Trinajstić information content (AvgIpc) is 2.96. The van der Waals surface area contributed by atoms with Crippen LogP contribution < -0.4 is 14.8 Å². The van der Waals surface area contributed by atoms with Gasteiger partial charge in [-0.3, -0.25) is 4.68 Å². The van der Waals surface area contributed by atoms with Gasteiger partial charge in [-0.25, -0.2) is 0 Å². The van der Waals surface area contributed by atoms with Crippen LogP contribution in [0.3, 0.4) is 0 Å². The SMILES string of the molecule is CCn1nc(C(F)(F)F)cc1CNc1ccc(OC)cc1OC. The summed E-state index contributed by atoms with van der Waals surface area (Å²) in [5.74, 6) is 1.17. The lowest BCUT2D eigenvalue weighted by molar-refractivity contribution is -0.141. The highest BCUT2D eigenvalue weighted by Crippen LogP contribution is 2.31. The van der Waals surface area contributed by atoms with Crippen LogP contribution in [0.4, 0.5) is 18.9 Å². The summed E-state index contributed by atoms with van der Waals surface area (Å²) in [5, 5.41) is 6.65. The van der Waals surface area contributed by atoms with Crippen molar-refractivity contribution in [2.45, 2.75) is 26.2 Å². The van der Waals surface area contributed by atoms with Crippen LogP contribution in [0.15, 0.2) is 24.3 Å². The van der Waals surface area contributed by atoms with Gasteiger partial charge in [-0.15, -0.1) is 0 Å². The molecule has 0 radical (unpaired) electrons. The zero-order chi connectivity index (χ0) is 17.0. The normalized spacial score (nSPS) is 11.4. The van der Waals surface area contributed by atoms with Crippen LogP contribution in [0.1, 0.15) is 18.3 Å².